The second-order valence-electron chi connectivity index (χ2n) is 6.66. The molecule has 3 rings (SSSR count). The van der Waals surface area contributed by atoms with Crippen LogP contribution >= 0.6 is 0 Å². The molecule has 1 aromatic heterocycles. The van der Waals surface area contributed by atoms with Gasteiger partial charge in [-0.25, -0.2) is 0 Å². The summed E-state index contributed by atoms with van der Waals surface area (Å²) in [6.07, 6.45) is 0.761. The van der Waals surface area contributed by atoms with Gasteiger partial charge in [0.05, 0.1) is 19.9 Å². The van der Waals surface area contributed by atoms with Gasteiger partial charge in [-0.15, -0.1) is 0 Å². The molecule has 2 aromatic carbocycles. The summed E-state index contributed by atoms with van der Waals surface area (Å²) in [6, 6.07) is 19.8. The third-order valence-corrected chi connectivity index (χ3v) is 4.70. The maximum atomic E-state index is 10.1. The minimum absolute atomic E-state index is 0.0565. The Morgan fingerprint density at radius 1 is 0.964 bits per heavy atom. The summed E-state index contributed by atoms with van der Waals surface area (Å²) in [6.45, 7) is 2.39. The molecule has 0 radical (unpaired) electrons. The van der Waals surface area contributed by atoms with Crippen LogP contribution in [-0.2, 0) is 13.0 Å². The van der Waals surface area contributed by atoms with Gasteiger partial charge >= 0.3 is 0 Å². The van der Waals surface area contributed by atoms with Crippen molar-refractivity contribution in [2.75, 3.05) is 14.2 Å². The van der Waals surface area contributed by atoms with Crippen LogP contribution in [0.1, 0.15) is 28.6 Å². The van der Waals surface area contributed by atoms with Crippen LogP contribution in [-0.4, -0.2) is 24.3 Å². The fourth-order valence-corrected chi connectivity index (χ4v) is 3.19. The lowest BCUT2D eigenvalue weighted by Gasteiger charge is -2.20. The van der Waals surface area contributed by atoms with E-state index in [1.54, 1.807) is 26.4 Å². The first-order valence-corrected chi connectivity index (χ1v) is 9.25. The number of hydrogen-bond donors (Lipinski definition) is 2. The smallest absolute Gasteiger partial charge is 0.160 e. The highest BCUT2D eigenvalue weighted by atomic mass is 16.5. The summed E-state index contributed by atoms with van der Waals surface area (Å²) in [7, 11) is 3.27. The van der Waals surface area contributed by atoms with Crippen molar-refractivity contribution in [1.29, 1.82) is 0 Å². The highest BCUT2D eigenvalue weighted by Crippen LogP contribution is 2.30. The van der Waals surface area contributed by atoms with Crippen molar-refractivity contribution >= 4 is 0 Å². The Bertz CT molecular complexity index is 913. The topological polar surface area (TPSA) is 63.6 Å². The van der Waals surface area contributed by atoms with Gasteiger partial charge in [-0.05, 0) is 48.7 Å². The van der Waals surface area contributed by atoms with Crippen LogP contribution in [0.25, 0.3) is 0 Å². The van der Waals surface area contributed by atoms with Crippen molar-refractivity contribution in [2.45, 2.75) is 25.9 Å². The van der Waals surface area contributed by atoms with E-state index in [-0.39, 0.29) is 11.8 Å². The molecule has 5 heteroatoms. The summed E-state index contributed by atoms with van der Waals surface area (Å²) >= 11 is 0. The van der Waals surface area contributed by atoms with Crippen molar-refractivity contribution in [3.8, 4) is 17.2 Å². The average molecular weight is 378 g/mol. The van der Waals surface area contributed by atoms with Crippen molar-refractivity contribution in [1.82, 2.24) is 10.3 Å². The SMILES string of the molecule is COc1ccc(CC(NCc2nc(C)ccc2O)c2ccccc2)cc1OC. The molecule has 2 N–H and O–H groups in total. The molecule has 1 heterocycles. The first-order chi connectivity index (χ1) is 13.6. The van der Waals surface area contributed by atoms with E-state index in [4.69, 9.17) is 9.47 Å². The summed E-state index contributed by atoms with van der Waals surface area (Å²) in [5.41, 5.74) is 3.82. The monoisotopic (exact) mass is 378 g/mol. The molecule has 0 fully saturated rings. The van der Waals surface area contributed by atoms with Crippen LogP contribution < -0.4 is 14.8 Å². The molecule has 146 valence electrons. The number of aryl methyl sites for hydroxylation is 1. The molecular weight excluding hydrogens is 352 g/mol. The van der Waals surface area contributed by atoms with Crippen molar-refractivity contribution < 1.29 is 14.6 Å². The number of pyridine rings is 1. The first kappa shape index (κ1) is 19.7. The number of aromatic nitrogens is 1. The predicted octanol–water partition coefficient (Wildman–Crippen LogP) is 4.19. The minimum Gasteiger partial charge on any atom is -0.506 e. The molecule has 3 aromatic rings. The Morgan fingerprint density at radius 3 is 2.43 bits per heavy atom. The lowest BCUT2D eigenvalue weighted by Crippen LogP contribution is -2.23. The number of hydrogen-bond acceptors (Lipinski definition) is 5. The molecule has 0 amide bonds. The highest BCUT2D eigenvalue weighted by Gasteiger charge is 2.15. The van der Waals surface area contributed by atoms with Gasteiger partial charge in [-0.3, -0.25) is 4.98 Å². The molecule has 1 unspecified atom stereocenters. The zero-order chi connectivity index (χ0) is 19.9. The Morgan fingerprint density at radius 2 is 1.71 bits per heavy atom. The highest BCUT2D eigenvalue weighted by molar-refractivity contribution is 5.43. The normalized spacial score (nSPS) is 11.8. The Balaban J connectivity index is 1.83. The Labute approximate surface area is 166 Å². The molecule has 0 aliphatic carbocycles. The van der Waals surface area contributed by atoms with Gasteiger partial charge in [0.15, 0.2) is 11.5 Å². The first-order valence-electron chi connectivity index (χ1n) is 9.25. The number of methoxy groups -OCH3 is 2. The standard InChI is InChI=1S/C23H26N2O3/c1-16-9-11-21(26)20(25-16)15-24-19(18-7-5-4-6-8-18)13-17-10-12-22(27-2)23(14-17)28-3/h4-12,14,19,24,26H,13,15H2,1-3H3. The van der Waals surface area contributed by atoms with Crippen LogP contribution in [0.3, 0.4) is 0 Å². The lowest BCUT2D eigenvalue weighted by molar-refractivity contribution is 0.354. The predicted molar refractivity (Wildman–Crippen MR) is 110 cm³/mol. The molecule has 0 spiro atoms. The van der Waals surface area contributed by atoms with Gasteiger partial charge < -0.3 is 19.9 Å². The Hall–Kier alpha value is -3.05. The summed E-state index contributed by atoms with van der Waals surface area (Å²) in [5, 5.41) is 13.6. The summed E-state index contributed by atoms with van der Waals surface area (Å²) in [4.78, 5) is 4.45. The van der Waals surface area contributed by atoms with Gasteiger partial charge in [-0.1, -0.05) is 36.4 Å². The van der Waals surface area contributed by atoms with E-state index < -0.39 is 0 Å². The zero-order valence-corrected chi connectivity index (χ0v) is 16.5. The molecule has 0 aliphatic rings. The summed E-state index contributed by atoms with van der Waals surface area (Å²) in [5.74, 6) is 1.63. The fourth-order valence-electron chi connectivity index (χ4n) is 3.19. The van der Waals surface area contributed by atoms with Gasteiger partial charge in [0.1, 0.15) is 5.75 Å². The molecular formula is C23H26N2O3. The third-order valence-electron chi connectivity index (χ3n) is 4.70. The van der Waals surface area contributed by atoms with Crippen LogP contribution in [0.2, 0.25) is 0 Å². The minimum atomic E-state index is 0.0565. The van der Waals surface area contributed by atoms with Gasteiger partial charge in [0, 0.05) is 18.3 Å². The van der Waals surface area contributed by atoms with E-state index >= 15 is 0 Å². The Kier molecular flexibility index (Phi) is 6.50. The molecule has 0 aliphatic heterocycles. The molecule has 5 nitrogen and oxygen atoms in total. The number of rotatable bonds is 8. The van der Waals surface area contributed by atoms with Gasteiger partial charge in [0.2, 0.25) is 0 Å². The van der Waals surface area contributed by atoms with Crippen molar-refractivity contribution in [2.24, 2.45) is 0 Å². The average Bonchev–Trinajstić information content (AvgIpc) is 2.73. The molecule has 0 bridgehead atoms. The molecule has 0 saturated heterocycles. The number of benzene rings is 2. The van der Waals surface area contributed by atoms with Crippen molar-refractivity contribution in [3.05, 3.63) is 83.2 Å². The van der Waals surface area contributed by atoms with E-state index in [0.29, 0.717) is 23.7 Å². The van der Waals surface area contributed by atoms with E-state index in [2.05, 4.69) is 22.4 Å². The van der Waals surface area contributed by atoms with Crippen molar-refractivity contribution in [3.63, 3.8) is 0 Å². The largest absolute Gasteiger partial charge is 0.506 e. The molecule has 0 saturated carbocycles. The third kappa shape index (κ3) is 4.81. The van der Waals surface area contributed by atoms with E-state index in [9.17, 15) is 5.11 Å². The van der Waals surface area contributed by atoms with Crippen LogP contribution in [0, 0.1) is 6.92 Å². The second-order valence-corrected chi connectivity index (χ2v) is 6.66. The summed E-state index contributed by atoms with van der Waals surface area (Å²) < 4.78 is 10.8. The van der Waals surface area contributed by atoms with Gasteiger partial charge in [0.25, 0.3) is 0 Å². The van der Waals surface area contributed by atoms with E-state index in [0.717, 1.165) is 17.7 Å². The van der Waals surface area contributed by atoms with Crippen LogP contribution in [0.4, 0.5) is 0 Å². The number of ether oxygens (including phenoxy) is 2. The fraction of sp³-hybridized carbons (Fsp3) is 0.261. The maximum absolute atomic E-state index is 10.1. The second kappa shape index (κ2) is 9.24. The lowest BCUT2D eigenvalue weighted by atomic mass is 9.98. The molecule has 1 atom stereocenters. The number of nitrogens with one attached hydrogen (secondary N) is 1. The van der Waals surface area contributed by atoms with Gasteiger partial charge in [-0.2, -0.15) is 0 Å². The number of nitrogens with zero attached hydrogens (tertiary/aromatic N) is 1. The quantitative estimate of drug-likeness (QED) is 0.615. The van der Waals surface area contributed by atoms with E-state index in [1.165, 1.54) is 5.56 Å². The maximum Gasteiger partial charge on any atom is 0.160 e. The number of aromatic hydroxyl groups is 1. The van der Waals surface area contributed by atoms with Crippen LogP contribution in [0.15, 0.2) is 60.7 Å². The van der Waals surface area contributed by atoms with Crippen LogP contribution in [0.5, 0.6) is 17.2 Å². The molecule has 28 heavy (non-hydrogen) atoms. The zero-order valence-electron chi connectivity index (χ0n) is 16.5. The van der Waals surface area contributed by atoms with E-state index in [1.807, 2.05) is 43.3 Å².